The van der Waals surface area contributed by atoms with E-state index in [4.69, 9.17) is 4.74 Å². The van der Waals surface area contributed by atoms with Crippen molar-refractivity contribution in [3.8, 4) is 5.75 Å². The van der Waals surface area contributed by atoms with Crippen molar-refractivity contribution in [3.63, 3.8) is 0 Å². The highest BCUT2D eigenvalue weighted by Gasteiger charge is 2.32. The summed E-state index contributed by atoms with van der Waals surface area (Å²) < 4.78 is 31.4. The van der Waals surface area contributed by atoms with Crippen LogP contribution in [0.15, 0.2) is 42.5 Å². The summed E-state index contributed by atoms with van der Waals surface area (Å²) in [6, 6.07) is 11.6. The zero-order chi connectivity index (χ0) is 20.9. The molecule has 0 heterocycles. The molecule has 2 aromatic carbocycles. The smallest absolute Gasteiger partial charge is 0.248 e. The highest BCUT2D eigenvalue weighted by atomic mass is 32.2. The number of benzene rings is 2. The van der Waals surface area contributed by atoms with Gasteiger partial charge in [0.15, 0.2) is 0 Å². The van der Waals surface area contributed by atoms with Crippen molar-refractivity contribution in [2.75, 3.05) is 23.0 Å². The van der Waals surface area contributed by atoms with Crippen molar-refractivity contribution in [3.05, 3.63) is 53.6 Å². The van der Waals surface area contributed by atoms with Gasteiger partial charge in [-0.1, -0.05) is 32.0 Å². The summed E-state index contributed by atoms with van der Waals surface area (Å²) in [5.74, 6) is 0.259. The van der Waals surface area contributed by atoms with E-state index < -0.39 is 16.1 Å². The van der Waals surface area contributed by atoms with Gasteiger partial charge in [0.25, 0.3) is 0 Å². The first-order valence-electron chi connectivity index (χ1n) is 9.25. The SMILES string of the molecule is CCc1cccc(C)c1NC(=O)[C@H](CC)N(c1ccc(OC)cc1)S(C)(=O)=O. The average Bonchev–Trinajstić information content (AvgIpc) is 2.66. The molecule has 0 saturated carbocycles. The Balaban J connectivity index is 2.42. The van der Waals surface area contributed by atoms with Crippen LogP contribution in [-0.4, -0.2) is 33.7 Å². The number of anilines is 2. The molecular weight excluding hydrogens is 376 g/mol. The number of methoxy groups -OCH3 is 1. The lowest BCUT2D eigenvalue weighted by Gasteiger charge is -2.30. The van der Waals surface area contributed by atoms with Crippen molar-refractivity contribution in [1.29, 1.82) is 0 Å². The zero-order valence-electron chi connectivity index (χ0n) is 17.0. The van der Waals surface area contributed by atoms with Gasteiger partial charge in [0.05, 0.1) is 19.1 Å². The number of rotatable bonds is 8. The number of hydrogen-bond donors (Lipinski definition) is 1. The molecule has 0 aromatic heterocycles. The number of carbonyl (C=O) groups is 1. The topological polar surface area (TPSA) is 75.7 Å². The van der Waals surface area contributed by atoms with Crippen molar-refractivity contribution >= 4 is 27.3 Å². The molecule has 0 saturated heterocycles. The highest BCUT2D eigenvalue weighted by molar-refractivity contribution is 7.92. The Morgan fingerprint density at radius 1 is 1.14 bits per heavy atom. The van der Waals surface area contributed by atoms with Gasteiger partial charge in [-0.3, -0.25) is 9.10 Å². The number of carbonyl (C=O) groups excluding carboxylic acids is 1. The van der Waals surface area contributed by atoms with Gasteiger partial charge in [0.2, 0.25) is 15.9 Å². The Kier molecular flexibility index (Phi) is 7.07. The van der Waals surface area contributed by atoms with Crippen molar-refractivity contribution in [2.45, 2.75) is 39.7 Å². The zero-order valence-corrected chi connectivity index (χ0v) is 17.8. The Labute approximate surface area is 167 Å². The third-order valence-electron chi connectivity index (χ3n) is 4.64. The third kappa shape index (κ3) is 4.84. The van der Waals surface area contributed by atoms with Crippen LogP contribution < -0.4 is 14.4 Å². The number of ether oxygens (including phenoxy) is 1. The second-order valence-electron chi connectivity index (χ2n) is 6.63. The molecule has 0 aliphatic carbocycles. The molecule has 0 fully saturated rings. The van der Waals surface area contributed by atoms with E-state index in [9.17, 15) is 13.2 Å². The van der Waals surface area contributed by atoms with Gasteiger partial charge >= 0.3 is 0 Å². The molecule has 28 heavy (non-hydrogen) atoms. The summed E-state index contributed by atoms with van der Waals surface area (Å²) in [6.07, 6.45) is 2.21. The first-order valence-corrected chi connectivity index (χ1v) is 11.1. The average molecular weight is 405 g/mol. The third-order valence-corrected chi connectivity index (χ3v) is 5.82. The summed E-state index contributed by atoms with van der Waals surface area (Å²) >= 11 is 0. The molecule has 2 rings (SSSR count). The van der Waals surface area contributed by atoms with E-state index in [1.165, 1.54) is 4.31 Å². The molecule has 152 valence electrons. The summed E-state index contributed by atoms with van der Waals surface area (Å²) in [7, 11) is -2.14. The lowest BCUT2D eigenvalue weighted by atomic mass is 10.0. The lowest BCUT2D eigenvalue weighted by molar-refractivity contribution is -0.117. The van der Waals surface area contributed by atoms with Gasteiger partial charge in [0, 0.05) is 5.69 Å². The standard InChI is InChI=1S/C21H28N2O4S/c1-6-16-10-8-9-15(3)20(16)22-21(24)19(7-2)23(28(5,25)26)17-11-13-18(27-4)14-12-17/h8-14,19H,6-7H2,1-5H3,(H,22,24)/t19-/m0/s1. The normalized spacial score (nSPS) is 12.3. The van der Waals surface area contributed by atoms with Crippen LogP contribution >= 0.6 is 0 Å². The highest BCUT2D eigenvalue weighted by Crippen LogP contribution is 2.27. The molecule has 6 nitrogen and oxygen atoms in total. The Morgan fingerprint density at radius 2 is 1.79 bits per heavy atom. The van der Waals surface area contributed by atoms with Gasteiger partial charge < -0.3 is 10.1 Å². The van der Waals surface area contributed by atoms with Gasteiger partial charge in [0.1, 0.15) is 11.8 Å². The fraction of sp³-hybridized carbons (Fsp3) is 0.381. The van der Waals surface area contributed by atoms with Crippen LogP contribution in [0.5, 0.6) is 5.75 Å². The summed E-state index contributed by atoms with van der Waals surface area (Å²) in [4.78, 5) is 13.1. The minimum absolute atomic E-state index is 0.332. The predicted octanol–water partition coefficient (Wildman–Crippen LogP) is 3.75. The maximum absolute atomic E-state index is 13.1. The maximum atomic E-state index is 13.1. The number of aryl methyl sites for hydroxylation is 2. The van der Waals surface area contributed by atoms with Gasteiger partial charge in [-0.25, -0.2) is 8.42 Å². The number of amides is 1. The Morgan fingerprint density at radius 3 is 2.29 bits per heavy atom. The van der Waals surface area contributed by atoms with Crippen LogP contribution in [0.25, 0.3) is 0 Å². The van der Waals surface area contributed by atoms with Crippen LogP contribution in [-0.2, 0) is 21.2 Å². The van der Waals surface area contributed by atoms with Gasteiger partial charge in [-0.05, 0) is 55.2 Å². The first kappa shape index (κ1) is 21.8. The van der Waals surface area contributed by atoms with Crippen LogP contribution in [0.3, 0.4) is 0 Å². The summed E-state index contributed by atoms with van der Waals surface area (Å²) in [5, 5.41) is 2.96. The monoisotopic (exact) mass is 404 g/mol. The molecule has 0 aliphatic heterocycles. The minimum Gasteiger partial charge on any atom is -0.497 e. The number of sulfonamides is 1. The largest absolute Gasteiger partial charge is 0.497 e. The van der Waals surface area contributed by atoms with Crippen LogP contribution in [0.1, 0.15) is 31.4 Å². The second kappa shape index (κ2) is 9.10. The first-order chi connectivity index (χ1) is 13.2. The van der Waals surface area contributed by atoms with Crippen molar-refractivity contribution in [2.24, 2.45) is 0 Å². The summed E-state index contributed by atoms with van der Waals surface area (Å²) in [5.41, 5.74) is 3.12. The molecule has 0 unspecified atom stereocenters. The van der Waals surface area contributed by atoms with Crippen LogP contribution in [0, 0.1) is 6.92 Å². The molecule has 7 heteroatoms. The second-order valence-corrected chi connectivity index (χ2v) is 8.49. The number of para-hydroxylation sites is 1. The molecule has 2 aromatic rings. The van der Waals surface area contributed by atoms with Crippen molar-refractivity contribution in [1.82, 2.24) is 0 Å². The molecule has 0 radical (unpaired) electrons. The quantitative estimate of drug-likeness (QED) is 0.727. The fourth-order valence-corrected chi connectivity index (χ4v) is 4.41. The predicted molar refractivity (Wildman–Crippen MR) is 114 cm³/mol. The molecule has 1 atom stereocenters. The molecular formula is C21H28N2O4S. The van der Waals surface area contributed by atoms with E-state index in [2.05, 4.69) is 5.32 Å². The van der Waals surface area contributed by atoms with Gasteiger partial charge in [-0.2, -0.15) is 0 Å². The van der Waals surface area contributed by atoms with E-state index in [-0.39, 0.29) is 5.91 Å². The van der Waals surface area contributed by atoms with Crippen LogP contribution in [0.4, 0.5) is 11.4 Å². The van der Waals surface area contributed by atoms with E-state index in [0.29, 0.717) is 17.9 Å². The number of hydrogen-bond acceptors (Lipinski definition) is 4. The van der Waals surface area contributed by atoms with Gasteiger partial charge in [-0.15, -0.1) is 0 Å². The van der Waals surface area contributed by atoms with E-state index in [1.807, 2.05) is 32.0 Å². The minimum atomic E-state index is -3.68. The van der Waals surface area contributed by atoms with E-state index in [0.717, 1.165) is 29.5 Å². The fourth-order valence-electron chi connectivity index (χ4n) is 3.20. The number of nitrogens with one attached hydrogen (secondary N) is 1. The molecule has 0 spiro atoms. The lowest BCUT2D eigenvalue weighted by Crippen LogP contribution is -2.47. The van der Waals surface area contributed by atoms with E-state index >= 15 is 0 Å². The van der Waals surface area contributed by atoms with Crippen LogP contribution in [0.2, 0.25) is 0 Å². The Bertz CT molecular complexity index is 924. The molecule has 0 bridgehead atoms. The maximum Gasteiger partial charge on any atom is 0.248 e. The number of nitrogens with zero attached hydrogens (tertiary/aromatic N) is 1. The Hall–Kier alpha value is -2.54. The molecule has 1 N–H and O–H groups in total. The molecule has 1 amide bonds. The molecule has 0 aliphatic rings. The summed E-state index contributed by atoms with van der Waals surface area (Å²) in [6.45, 7) is 5.74. The van der Waals surface area contributed by atoms with Crippen molar-refractivity contribution < 1.29 is 17.9 Å². The van der Waals surface area contributed by atoms with E-state index in [1.54, 1.807) is 38.3 Å².